The summed E-state index contributed by atoms with van der Waals surface area (Å²) in [5, 5.41) is 3.44. The number of halogens is 1. The largest absolute Gasteiger partial charge is 0.465 e. The van der Waals surface area contributed by atoms with E-state index in [1.807, 2.05) is 19.1 Å². The van der Waals surface area contributed by atoms with Crippen molar-refractivity contribution in [3.63, 3.8) is 0 Å². The second kappa shape index (κ2) is 5.52. The zero-order chi connectivity index (χ0) is 12.3. The monoisotopic (exact) mass is 293 g/mol. The highest BCUT2D eigenvalue weighted by Gasteiger charge is 2.08. The highest BCUT2D eigenvalue weighted by Crippen LogP contribution is 2.16. The van der Waals surface area contributed by atoms with E-state index in [9.17, 15) is 0 Å². The van der Waals surface area contributed by atoms with Gasteiger partial charge in [0.25, 0.3) is 0 Å². The Labute approximate surface area is 110 Å². The third-order valence-corrected chi connectivity index (χ3v) is 3.24. The van der Waals surface area contributed by atoms with E-state index >= 15 is 0 Å². The Morgan fingerprint density at radius 2 is 1.88 bits per heavy atom. The van der Waals surface area contributed by atoms with Crippen molar-refractivity contribution >= 4 is 15.9 Å². The number of furan rings is 1. The molecule has 0 aliphatic carbocycles. The molecule has 3 heteroatoms. The van der Waals surface area contributed by atoms with Crippen LogP contribution in [-0.4, -0.2) is 0 Å². The Hall–Kier alpha value is -1.06. The normalized spacial score (nSPS) is 12.6. The molecule has 1 N–H and O–H groups in total. The van der Waals surface area contributed by atoms with Gasteiger partial charge in [0.2, 0.25) is 0 Å². The third kappa shape index (κ3) is 3.45. The molecule has 17 heavy (non-hydrogen) atoms. The molecular formula is C14H16BrNO. The lowest BCUT2D eigenvalue weighted by Gasteiger charge is -2.11. The van der Waals surface area contributed by atoms with Gasteiger partial charge in [-0.3, -0.25) is 0 Å². The minimum Gasteiger partial charge on any atom is -0.465 e. The van der Waals surface area contributed by atoms with Gasteiger partial charge in [0.1, 0.15) is 11.5 Å². The van der Waals surface area contributed by atoms with Crippen LogP contribution in [0.15, 0.2) is 45.3 Å². The minimum atomic E-state index is 0.229. The summed E-state index contributed by atoms with van der Waals surface area (Å²) in [6, 6.07) is 12.6. The van der Waals surface area contributed by atoms with Crippen molar-refractivity contribution in [1.29, 1.82) is 0 Å². The van der Waals surface area contributed by atoms with E-state index in [4.69, 9.17) is 4.42 Å². The Bertz CT molecular complexity index is 475. The maximum Gasteiger partial charge on any atom is 0.120 e. The maximum atomic E-state index is 5.58. The van der Waals surface area contributed by atoms with Crippen LogP contribution in [0.3, 0.4) is 0 Å². The summed E-state index contributed by atoms with van der Waals surface area (Å²) in [6.07, 6.45) is 0. The topological polar surface area (TPSA) is 25.2 Å². The van der Waals surface area contributed by atoms with E-state index in [-0.39, 0.29) is 6.04 Å². The lowest BCUT2D eigenvalue weighted by molar-refractivity contribution is 0.416. The first-order valence-electron chi connectivity index (χ1n) is 5.69. The van der Waals surface area contributed by atoms with Gasteiger partial charge in [0.05, 0.1) is 6.04 Å². The lowest BCUT2D eigenvalue weighted by Crippen LogP contribution is -2.17. The number of nitrogens with one attached hydrogen (secondary N) is 1. The maximum absolute atomic E-state index is 5.58. The van der Waals surface area contributed by atoms with Gasteiger partial charge in [-0.15, -0.1) is 0 Å². The summed E-state index contributed by atoms with van der Waals surface area (Å²) < 4.78 is 6.69. The van der Waals surface area contributed by atoms with Crippen molar-refractivity contribution in [1.82, 2.24) is 5.32 Å². The van der Waals surface area contributed by atoms with Crippen molar-refractivity contribution < 1.29 is 4.42 Å². The first-order valence-corrected chi connectivity index (χ1v) is 6.48. The van der Waals surface area contributed by atoms with Crippen molar-refractivity contribution in [3.8, 4) is 0 Å². The van der Waals surface area contributed by atoms with Gasteiger partial charge >= 0.3 is 0 Å². The van der Waals surface area contributed by atoms with E-state index in [0.717, 1.165) is 22.5 Å². The Balaban J connectivity index is 1.92. The Morgan fingerprint density at radius 3 is 2.47 bits per heavy atom. The van der Waals surface area contributed by atoms with Crippen LogP contribution >= 0.6 is 15.9 Å². The van der Waals surface area contributed by atoms with Crippen LogP contribution in [-0.2, 0) is 6.54 Å². The van der Waals surface area contributed by atoms with Gasteiger partial charge in [-0.1, -0.05) is 28.1 Å². The standard InChI is InChI=1S/C14H16BrNO/c1-10-3-8-14(17-10)11(2)16-9-12-4-6-13(15)7-5-12/h3-8,11,16H,9H2,1-2H3. The Kier molecular flexibility index (Phi) is 4.02. The number of aryl methyl sites for hydroxylation is 1. The van der Waals surface area contributed by atoms with Crippen molar-refractivity contribution in [2.24, 2.45) is 0 Å². The van der Waals surface area contributed by atoms with E-state index in [0.29, 0.717) is 0 Å². The van der Waals surface area contributed by atoms with Crippen LogP contribution in [0.25, 0.3) is 0 Å². The zero-order valence-corrected chi connectivity index (χ0v) is 11.6. The molecule has 1 heterocycles. The molecule has 0 radical (unpaired) electrons. The average molecular weight is 294 g/mol. The van der Waals surface area contributed by atoms with Gasteiger partial charge in [-0.05, 0) is 43.7 Å². The molecule has 0 saturated carbocycles. The van der Waals surface area contributed by atoms with Crippen LogP contribution in [0.4, 0.5) is 0 Å². The predicted molar refractivity (Wildman–Crippen MR) is 72.8 cm³/mol. The van der Waals surface area contributed by atoms with Crippen LogP contribution in [0.5, 0.6) is 0 Å². The van der Waals surface area contributed by atoms with Crippen LogP contribution in [0, 0.1) is 6.92 Å². The molecule has 90 valence electrons. The van der Waals surface area contributed by atoms with Gasteiger partial charge in [-0.25, -0.2) is 0 Å². The number of hydrogen-bond acceptors (Lipinski definition) is 2. The SMILES string of the molecule is Cc1ccc(C(C)NCc2ccc(Br)cc2)o1. The minimum absolute atomic E-state index is 0.229. The molecule has 1 atom stereocenters. The summed E-state index contributed by atoms with van der Waals surface area (Å²) in [5.74, 6) is 1.94. The van der Waals surface area contributed by atoms with Gasteiger partial charge in [-0.2, -0.15) is 0 Å². The van der Waals surface area contributed by atoms with E-state index < -0.39 is 0 Å². The molecule has 2 rings (SSSR count). The van der Waals surface area contributed by atoms with Gasteiger partial charge in [0, 0.05) is 11.0 Å². The van der Waals surface area contributed by atoms with Gasteiger partial charge < -0.3 is 9.73 Å². The Morgan fingerprint density at radius 1 is 1.18 bits per heavy atom. The molecule has 0 fully saturated rings. The molecule has 1 aromatic heterocycles. The molecular weight excluding hydrogens is 278 g/mol. The van der Waals surface area contributed by atoms with Crippen LogP contribution in [0.2, 0.25) is 0 Å². The predicted octanol–water partition coefficient (Wildman–Crippen LogP) is 4.20. The quantitative estimate of drug-likeness (QED) is 0.914. The lowest BCUT2D eigenvalue weighted by atomic mass is 10.2. The molecule has 0 aliphatic rings. The second-order valence-corrected chi connectivity index (χ2v) is 5.09. The number of hydrogen-bond donors (Lipinski definition) is 1. The molecule has 2 aromatic rings. The summed E-state index contributed by atoms with van der Waals surface area (Å²) in [4.78, 5) is 0. The highest BCUT2D eigenvalue weighted by atomic mass is 79.9. The number of rotatable bonds is 4. The molecule has 0 aliphatic heterocycles. The van der Waals surface area contributed by atoms with Crippen LogP contribution < -0.4 is 5.32 Å². The number of benzene rings is 1. The summed E-state index contributed by atoms with van der Waals surface area (Å²) in [6.45, 7) is 4.91. The van der Waals surface area contributed by atoms with Crippen LogP contribution in [0.1, 0.15) is 30.0 Å². The van der Waals surface area contributed by atoms with Crippen molar-refractivity contribution in [2.75, 3.05) is 0 Å². The van der Waals surface area contributed by atoms with Crippen molar-refractivity contribution in [2.45, 2.75) is 26.4 Å². The third-order valence-electron chi connectivity index (χ3n) is 2.71. The molecule has 0 amide bonds. The first-order chi connectivity index (χ1) is 8.15. The van der Waals surface area contributed by atoms with E-state index in [1.165, 1.54) is 5.56 Å². The average Bonchev–Trinajstić information content (AvgIpc) is 2.75. The molecule has 0 saturated heterocycles. The fourth-order valence-corrected chi connectivity index (χ4v) is 1.92. The molecule has 0 spiro atoms. The zero-order valence-electron chi connectivity index (χ0n) is 10.0. The fourth-order valence-electron chi connectivity index (χ4n) is 1.66. The van der Waals surface area contributed by atoms with E-state index in [2.05, 4.69) is 52.4 Å². The highest BCUT2D eigenvalue weighted by molar-refractivity contribution is 9.10. The van der Waals surface area contributed by atoms with E-state index in [1.54, 1.807) is 0 Å². The smallest absolute Gasteiger partial charge is 0.120 e. The second-order valence-electron chi connectivity index (χ2n) is 4.18. The molecule has 1 unspecified atom stereocenters. The summed E-state index contributed by atoms with van der Waals surface area (Å²) >= 11 is 3.43. The first kappa shape index (κ1) is 12.4. The molecule has 1 aromatic carbocycles. The molecule has 2 nitrogen and oxygen atoms in total. The fraction of sp³-hybridized carbons (Fsp3) is 0.286. The van der Waals surface area contributed by atoms with Gasteiger partial charge in [0.15, 0.2) is 0 Å². The van der Waals surface area contributed by atoms with Crippen molar-refractivity contribution in [3.05, 3.63) is 58.0 Å². The molecule has 0 bridgehead atoms. The summed E-state index contributed by atoms with van der Waals surface area (Å²) in [5.41, 5.74) is 1.27. The summed E-state index contributed by atoms with van der Waals surface area (Å²) in [7, 11) is 0.